The van der Waals surface area contributed by atoms with Crippen LogP contribution in [0.3, 0.4) is 0 Å². The summed E-state index contributed by atoms with van der Waals surface area (Å²) in [6.45, 7) is 0.511. The molecule has 0 bridgehead atoms. The monoisotopic (exact) mass is 334 g/mol. The third kappa shape index (κ3) is 3.42. The van der Waals surface area contributed by atoms with E-state index in [1.165, 1.54) is 23.4 Å². The number of rotatable bonds is 4. The van der Waals surface area contributed by atoms with Gasteiger partial charge in [-0.2, -0.15) is 5.10 Å². The van der Waals surface area contributed by atoms with Gasteiger partial charge in [-0.3, -0.25) is 14.7 Å². The molecular weight excluding hydrogens is 318 g/mol. The Bertz CT molecular complexity index is 749. The normalized spacial score (nSPS) is 17.8. The fourth-order valence-corrected chi connectivity index (χ4v) is 2.70. The Morgan fingerprint density at radius 1 is 1.42 bits per heavy atom. The minimum Gasteiger partial charge on any atom is -0.340 e. The molecule has 2 N–H and O–H groups in total. The predicted octanol–water partition coefficient (Wildman–Crippen LogP) is 1.61. The Morgan fingerprint density at radius 3 is 2.96 bits per heavy atom. The van der Waals surface area contributed by atoms with Gasteiger partial charge in [0.2, 0.25) is 5.91 Å². The zero-order valence-corrected chi connectivity index (χ0v) is 12.8. The number of piperidine rings is 1. The molecule has 1 aliphatic heterocycles. The number of amides is 2. The first-order chi connectivity index (χ1) is 11.5. The highest BCUT2D eigenvalue weighted by atomic mass is 19.1. The van der Waals surface area contributed by atoms with E-state index in [0.29, 0.717) is 24.9 Å². The van der Waals surface area contributed by atoms with Gasteiger partial charge >= 0.3 is 0 Å². The number of aromatic nitrogens is 2. The van der Waals surface area contributed by atoms with Crippen LogP contribution < -0.4 is 5.32 Å². The third-order valence-corrected chi connectivity index (χ3v) is 3.97. The Hall–Kier alpha value is -2.77. The molecule has 1 fully saturated rings. The number of halogens is 2. The van der Waals surface area contributed by atoms with Gasteiger partial charge in [0.1, 0.15) is 17.7 Å². The summed E-state index contributed by atoms with van der Waals surface area (Å²) in [5.41, 5.74) is 0.580. The molecule has 8 heteroatoms. The molecule has 1 aromatic heterocycles. The first-order valence-electron chi connectivity index (χ1n) is 7.57. The molecule has 126 valence electrons. The summed E-state index contributed by atoms with van der Waals surface area (Å²) < 4.78 is 26.7. The highest BCUT2D eigenvalue weighted by Crippen LogP contribution is 2.18. The van der Waals surface area contributed by atoms with Crippen molar-refractivity contribution in [2.24, 2.45) is 0 Å². The summed E-state index contributed by atoms with van der Waals surface area (Å²) in [4.78, 5) is 26.0. The summed E-state index contributed by atoms with van der Waals surface area (Å²) in [7, 11) is 0. The van der Waals surface area contributed by atoms with Gasteiger partial charge < -0.3 is 10.2 Å². The lowest BCUT2D eigenvalue weighted by Gasteiger charge is -2.32. The number of hydrogen-bond acceptors (Lipinski definition) is 3. The van der Waals surface area contributed by atoms with Crippen LogP contribution in [0.15, 0.2) is 30.6 Å². The molecule has 0 saturated carbocycles. The van der Waals surface area contributed by atoms with Crippen LogP contribution in [-0.4, -0.2) is 39.5 Å². The maximum absolute atomic E-state index is 13.8. The Labute approximate surface area is 136 Å². The fourth-order valence-electron chi connectivity index (χ4n) is 2.70. The van der Waals surface area contributed by atoms with Gasteiger partial charge in [-0.15, -0.1) is 0 Å². The molecular formula is C16H16F2N4O2. The van der Waals surface area contributed by atoms with E-state index in [0.717, 1.165) is 12.1 Å². The molecule has 0 radical (unpaired) electrons. The van der Waals surface area contributed by atoms with Crippen molar-refractivity contribution in [2.45, 2.75) is 25.4 Å². The summed E-state index contributed by atoms with van der Waals surface area (Å²) in [5, 5.41) is 8.89. The predicted molar refractivity (Wildman–Crippen MR) is 80.9 cm³/mol. The second-order valence-electron chi connectivity index (χ2n) is 5.65. The van der Waals surface area contributed by atoms with Crippen molar-refractivity contribution in [1.29, 1.82) is 0 Å². The van der Waals surface area contributed by atoms with E-state index in [-0.39, 0.29) is 18.0 Å². The molecule has 2 heterocycles. The maximum atomic E-state index is 13.8. The van der Waals surface area contributed by atoms with Crippen LogP contribution >= 0.6 is 0 Å². The summed E-state index contributed by atoms with van der Waals surface area (Å²) in [6, 6.07) is 2.61. The first kappa shape index (κ1) is 16.1. The number of hydrogen-bond donors (Lipinski definition) is 2. The number of nitrogens with one attached hydrogen (secondary N) is 2. The van der Waals surface area contributed by atoms with E-state index in [9.17, 15) is 18.4 Å². The molecule has 2 aromatic rings. The molecule has 2 amide bonds. The molecule has 3 rings (SSSR count). The Kier molecular flexibility index (Phi) is 4.54. The van der Waals surface area contributed by atoms with Crippen LogP contribution in [0.2, 0.25) is 0 Å². The number of likely N-dealkylation sites (tertiary alicyclic amines) is 1. The molecule has 0 unspecified atom stereocenters. The van der Waals surface area contributed by atoms with Crippen LogP contribution in [0.4, 0.5) is 8.78 Å². The second-order valence-corrected chi connectivity index (χ2v) is 5.65. The van der Waals surface area contributed by atoms with Crippen molar-refractivity contribution in [3.8, 4) is 0 Å². The van der Waals surface area contributed by atoms with Gasteiger partial charge in [0.05, 0.1) is 11.8 Å². The van der Waals surface area contributed by atoms with Crippen LogP contribution in [0, 0.1) is 11.6 Å². The van der Waals surface area contributed by atoms with Gasteiger partial charge in [0, 0.05) is 30.9 Å². The van der Waals surface area contributed by atoms with Crippen LogP contribution in [0.25, 0.3) is 0 Å². The smallest absolute Gasteiger partial charge is 0.255 e. The number of benzene rings is 1. The quantitative estimate of drug-likeness (QED) is 0.892. The van der Waals surface area contributed by atoms with Gasteiger partial charge in [0.15, 0.2) is 0 Å². The summed E-state index contributed by atoms with van der Waals surface area (Å²) >= 11 is 0. The fraction of sp³-hybridized carbons (Fsp3) is 0.312. The Balaban J connectivity index is 1.67. The molecule has 0 spiro atoms. The van der Waals surface area contributed by atoms with Crippen molar-refractivity contribution >= 4 is 11.8 Å². The molecule has 1 aromatic carbocycles. The second kappa shape index (κ2) is 6.77. The lowest BCUT2D eigenvalue weighted by molar-refractivity contribution is -0.136. The molecule has 24 heavy (non-hydrogen) atoms. The standard InChI is InChI=1S/C16H16F2N4O2/c17-12-4-3-10(13(18)6-12)9-22-5-1-2-14(16(22)24)21-15(23)11-7-19-20-8-11/h3-4,6-8,14H,1-2,5,9H2,(H,19,20)(H,21,23)/t14-/m0/s1. The SMILES string of the molecule is O=C(N[C@H]1CCCN(Cc2ccc(F)cc2F)C1=O)c1cn[nH]c1. The maximum Gasteiger partial charge on any atom is 0.255 e. The number of carbonyl (C=O) groups excluding carboxylic acids is 2. The topological polar surface area (TPSA) is 78.1 Å². The molecule has 6 nitrogen and oxygen atoms in total. The number of nitrogens with zero attached hydrogens (tertiary/aromatic N) is 2. The Morgan fingerprint density at radius 2 is 2.25 bits per heavy atom. The van der Waals surface area contributed by atoms with E-state index in [4.69, 9.17) is 0 Å². The molecule has 0 aliphatic carbocycles. The van der Waals surface area contributed by atoms with Crippen molar-refractivity contribution in [3.63, 3.8) is 0 Å². The van der Waals surface area contributed by atoms with E-state index >= 15 is 0 Å². The first-order valence-corrected chi connectivity index (χ1v) is 7.57. The van der Waals surface area contributed by atoms with Crippen LogP contribution in [0.1, 0.15) is 28.8 Å². The third-order valence-electron chi connectivity index (χ3n) is 3.97. The van der Waals surface area contributed by atoms with Gasteiger partial charge in [-0.05, 0) is 18.9 Å². The van der Waals surface area contributed by atoms with Crippen LogP contribution in [0.5, 0.6) is 0 Å². The van der Waals surface area contributed by atoms with Gasteiger partial charge in [-0.25, -0.2) is 8.78 Å². The highest BCUT2D eigenvalue weighted by Gasteiger charge is 2.30. The zero-order chi connectivity index (χ0) is 17.1. The molecule has 1 aliphatic rings. The van der Waals surface area contributed by atoms with E-state index in [1.54, 1.807) is 0 Å². The van der Waals surface area contributed by atoms with E-state index in [1.807, 2.05) is 0 Å². The van der Waals surface area contributed by atoms with E-state index in [2.05, 4.69) is 15.5 Å². The summed E-state index contributed by atoms with van der Waals surface area (Å²) in [5.74, 6) is -2.02. The molecule has 1 saturated heterocycles. The lowest BCUT2D eigenvalue weighted by atomic mass is 10.0. The zero-order valence-electron chi connectivity index (χ0n) is 12.8. The number of aromatic amines is 1. The van der Waals surface area contributed by atoms with Crippen LogP contribution in [-0.2, 0) is 11.3 Å². The number of carbonyl (C=O) groups is 2. The van der Waals surface area contributed by atoms with Crippen molar-refractivity contribution in [1.82, 2.24) is 20.4 Å². The largest absolute Gasteiger partial charge is 0.340 e. The van der Waals surface area contributed by atoms with Gasteiger partial charge in [0.25, 0.3) is 5.91 Å². The van der Waals surface area contributed by atoms with Crippen molar-refractivity contribution < 1.29 is 18.4 Å². The lowest BCUT2D eigenvalue weighted by Crippen LogP contribution is -2.51. The highest BCUT2D eigenvalue weighted by molar-refractivity contribution is 5.97. The minimum atomic E-state index is -0.688. The molecule has 1 atom stereocenters. The average Bonchev–Trinajstić information content (AvgIpc) is 3.08. The van der Waals surface area contributed by atoms with E-state index < -0.39 is 23.6 Å². The van der Waals surface area contributed by atoms with Crippen molar-refractivity contribution in [2.75, 3.05) is 6.54 Å². The average molecular weight is 334 g/mol. The minimum absolute atomic E-state index is 0.0447. The summed E-state index contributed by atoms with van der Waals surface area (Å²) in [6.07, 6.45) is 4.01. The van der Waals surface area contributed by atoms with Gasteiger partial charge in [-0.1, -0.05) is 6.07 Å². The number of H-pyrrole nitrogens is 1. The van der Waals surface area contributed by atoms with Crippen molar-refractivity contribution in [3.05, 3.63) is 53.4 Å².